The molecule has 2 amide bonds. The minimum absolute atomic E-state index is 0.148. The smallest absolute Gasteiger partial charge is 0.319 e. The summed E-state index contributed by atoms with van der Waals surface area (Å²) < 4.78 is 0.928. The van der Waals surface area contributed by atoms with Crippen molar-refractivity contribution in [2.75, 3.05) is 18.5 Å². The van der Waals surface area contributed by atoms with Gasteiger partial charge in [-0.15, -0.1) is 0 Å². The summed E-state index contributed by atoms with van der Waals surface area (Å²) in [6.45, 7) is 4.63. The van der Waals surface area contributed by atoms with Crippen LogP contribution in [-0.2, 0) is 0 Å². The first-order valence-electron chi connectivity index (χ1n) is 5.94. The lowest BCUT2D eigenvalue weighted by molar-refractivity contribution is 0.243. The van der Waals surface area contributed by atoms with Crippen LogP contribution in [0.1, 0.15) is 18.9 Å². The molecule has 0 heterocycles. The van der Waals surface area contributed by atoms with Crippen LogP contribution >= 0.6 is 15.9 Å². The number of halogens is 1. The number of aliphatic hydroxyl groups is 1. The van der Waals surface area contributed by atoms with Crippen LogP contribution in [0.5, 0.6) is 0 Å². The normalized spacial score (nSPS) is 12.0. The molecule has 0 aliphatic carbocycles. The number of benzene rings is 1. The van der Waals surface area contributed by atoms with Crippen molar-refractivity contribution in [3.63, 3.8) is 0 Å². The molecule has 0 fully saturated rings. The number of nitrogens with one attached hydrogen (secondary N) is 2. The van der Waals surface area contributed by atoms with Crippen molar-refractivity contribution in [2.45, 2.75) is 20.3 Å². The number of aliphatic hydroxyl groups excluding tert-OH is 1. The highest BCUT2D eigenvalue weighted by Crippen LogP contribution is 2.20. The lowest BCUT2D eigenvalue weighted by atomic mass is 10.1. The number of carbonyl (C=O) groups excluding carboxylic acids is 1. The lowest BCUT2D eigenvalue weighted by Gasteiger charge is -2.13. The van der Waals surface area contributed by atoms with Gasteiger partial charge in [0.25, 0.3) is 0 Å². The Balaban J connectivity index is 2.47. The maximum Gasteiger partial charge on any atom is 0.319 e. The Morgan fingerprint density at radius 1 is 1.50 bits per heavy atom. The molecule has 0 aliphatic rings. The summed E-state index contributed by atoms with van der Waals surface area (Å²) in [4.78, 5) is 11.7. The van der Waals surface area contributed by atoms with Crippen LogP contribution < -0.4 is 10.6 Å². The van der Waals surface area contributed by atoms with Gasteiger partial charge in [-0.25, -0.2) is 4.79 Å². The molecule has 1 aromatic carbocycles. The van der Waals surface area contributed by atoms with E-state index in [1.165, 1.54) is 0 Å². The Labute approximate surface area is 116 Å². The topological polar surface area (TPSA) is 61.4 Å². The van der Waals surface area contributed by atoms with Gasteiger partial charge in [0, 0.05) is 23.3 Å². The van der Waals surface area contributed by atoms with E-state index in [0.29, 0.717) is 13.0 Å². The van der Waals surface area contributed by atoms with Crippen molar-refractivity contribution in [3.05, 3.63) is 28.2 Å². The fourth-order valence-electron chi connectivity index (χ4n) is 1.48. The zero-order valence-corrected chi connectivity index (χ0v) is 12.3. The third kappa shape index (κ3) is 5.06. The summed E-state index contributed by atoms with van der Waals surface area (Å²) in [5.74, 6) is 0.268. The van der Waals surface area contributed by atoms with E-state index in [4.69, 9.17) is 5.11 Å². The number of hydrogen-bond donors (Lipinski definition) is 3. The van der Waals surface area contributed by atoms with Crippen LogP contribution in [0, 0.1) is 12.8 Å². The molecule has 1 atom stereocenters. The van der Waals surface area contributed by atoms with Crippen molar-refractivity contribution in [1.82, 2.24) is 5.32 Å². The second kappa shape index (κ2) is 7.38. The number of carbonyl (C=O) groups is 1. The van der Waals surface area contributed by atoms with Crippen LogP contribution in [0.25, 0.3) is 0 Å². The van der Waals surface area contributed by atoms with E-state index in [1.807, 2.05) is 32.0 Å². The average Bonchev–Trinajstić information content (AvgIpc) is 2.32. The number of anilines is 1. The quantitative estimate of drug-likeness (QED) is 0.782. The van der Waals surface area contributed by atoms with Gasteiger partial charge in [-0.2, -0.15) is 0 Å². The maximum absolute atomic E-state index is 11.7. The minimum Gasteiger partial charge on any atom is -0.396 e. The van der Waals surface area contributed by atoms with Crippen LogP contribution in [0.4, 0.5) is 10.5 Å². The molecule has 5 heteroatoms. The summed E-state index contributed by atoms with van der Waals surface area (Å²) in [6.07, 6.45) is 0.691. The number of rotatable bonds is 5. The second-order valence-electron chi connectivity index (χ2n) is 4.41. The molecule has 0 radical (unpaired) electrons. The molecule has 0 aromatic heterocycles. The molecule has 100 valence electrons. The molecule has 0 saturated heterocycles. The van der Waals surface area contributed by atoms with Crippen molar-refractivity contribution >= 4 is 27.6 Å². The summed E-state index contributed by atoms with van der Waals surface area (Å²) in [5, 5.41) is 14.4. The summed E-state index contributed by atoms with van der Waals surface area (Å²) >= 11 is 3.37. The van der Waals surface area contributed by atoms with Crippen LogP contribution in [-0.4, -0.2) is 24.3 Å². The highest BCUT2D eigenvalue weighted by molar-refractivity contribution is 9.10. The predicted molar refractivity (Wildman–Crippen MR) is 76.8 cm³/mol. The summed E-state index contributed by atoms with van der Waals surface area (Å²) in [7, 11) is 0. The Morgan fingerprint density at radius 2 is 2.22 bits per heavy atom. The number of aryl methyl sites for hydroxylation is 1. The first-order valence-corrected chi connectivity index (χ1v) is 6.74. The van der Waals surface area contributed by atoms with Gasteiger partial charge < -0.3 is 15.7 Å². The number of hydrogen-bond acceptors (Lipinski definition) is 2. The van der Waals surface area contributed by atoms with E-state index in [0.717, 1.165) is 15.7 Å². The van der Waals surface area contributed by atoms with Gasteiger partial charge in [0.1, 0.15) is 0 Å². The van der Waals surface area contributed by atoms with Crippen LogP contribution in [0.15, 0.2) is 22.7 Å². The van der Waals surface area contributed by atoms with Crippen molar-refractivity contribution in [1.29, 1.82) is 0 Å². The molecule has 1 rings (SSSR count). The summed E-state index contributed by atoms with van der Waals surface area (Å²) in [6, 6.07) is 5.52. The SMILES string of the molecule is Cc1ccc(Br)cc1NC(=O)NCC(C)CCO. The largest absolute Gasteiger partial charge is 0.396 e. The fraction of sp³-hybridized carbons (Fsp3) is 0.462. The van der Waals surface area contributed by atoms with E-state index in [9.17, 15) is 4.79 Å². The van der Waals surface area contributed by atoms with Gasteiger partial charge in [0.2, 0.25) is 0 Å². The molecule has 3 N–H and O–H groups in total. The van der Waals surface area contributed by atoms with Gasteiger partial charge in [-0.3, -0.25) is 0 Å². The Hall–Kier alpha value is -1.07. The van der Waals surface area contributed by atoms with Gasteiger partial charge in [0.15, 0.2) is 0 Å². The monoisotopic (exact) mass is 314 g/mol. The highest BCUT2D eigenvalue weighted by Gasteiger charge is 2.07. The van der Waals surface area contributed by atoms with Gasteiger partial charge in [-0.1, -0.05) is 28.9 Å². The van der Waals surface area contributed by atoms with Gasteiger partial charge >= 0.3 is 6.03 Å². The first-order chi connectivity index (χ1) is 8.52. The molecule has 1 unspecified atom stereocenters. The van der Waals surface area contributed by atoms with Gasteiger partial charge in [-0.05, 0) is 37.0 Å². The zero-order chi connectivity index (χ0) is 13.5. The van der Waals surface area contributed by atoms with Crippen LogP contribution in [0.2, 0.25) is 0 Å². The summed E-state index contributed by atoms with van der Waals surface area (Å²) in [5.41, 5.74) is 1.80. The molecule has 0 bridgehead atoms. The first kappa shape index (κ1) is 15.0. The van der Waals surface area contributed by atoms with Gasteiger partial charge in [0.05, 0.1) is 0 Å². The Kier molecular flexibility index (Phi) is 6.15. The number of amides is 2. The van der Waals surface area contributed by atoms with E-state index in [-0.39, 0.29) is 18.6 Å². The molecular formula is C13H19BrN2O2. The van der Waals surface area contributed by atoms with E-state index in [2.05, 4.69) is 26.6 Å². The van der Waals surface area contributed by atoms with E-state index < -0.39 is 0 Å². The number of urea groups is 1. The molecule has 18 heavy (non-hydrogen) atoms. The maximum atomic E-state index is 11.7. The molecule has 4 nitrogen and oxygen atoms in total. The van der Waals surface area contributed by atoms with Crippen molar-refractivity contribution < 1.29 is 9.90 Å². The standard InChI is InChI=1S/C13H19BrN2O2/c1-9(5-6-17)8-15-13(18)16-12-7-11(14)4-3-10(12)2/h3-4,7,9,17H,5-6,8H2,1-2H3,(H2,15,16,18). The molecular weight excluding hydrogens is 296 g/mol. The molecule has 1 aromatic rings. The second-order valence-corrected chi connectivity index (χ2v) is 5.33. The molecule has 0 spiro atoms. The highest BCUT2D eigenvalue weighted by atomic mass is 79.9. The molecule has 0 aliphatic heterocycles. The fourth-order valence-corrected chi connectivity index (χ4v) is 1.85. The zero-order valence-electron chi connectivity index (χ0n) is 10.7. The van der Waals surface area contributed by atoms with E-state index >= 15 is 0 Å². The lowest BCUT2D eigenvalue weighted by Crippen LogP contribution is -2.32. The Bertz CT molecular complexity index is 410. The minimum atomic E-state index is -0.221. The average molecular weight is 315 g/mol. The van der Waals surface area contributed by atoms with E-state index in [1.54, 1.807) is 0 Å². The molecule has 0 saturated carbocycles. The van der Waals surface area contributed by atoms with Crippen molar-refractivity contribution in [3.8, 4) is 0 Å². The Morgan fingerprint density at radius 3 is 2.89 bits per heavy atom. The van der Waals surface area contributed by atoms with Crippen LogP contribution in [0.3, 0.4) is 0 Å². The third-order valence-corrected chi connectivity index (χ3v) is 3.17. The predicted octanol–water partition coefficient (Wildman–Crippen LogP) is 2.90. The van der Waals surface area contributed by atoms with Crippen molar-refractivity contribution in [2.24, 2.45) is 5.92 Å². The third-order valence-electron chi connectivity index (χ3n) is 2.68.